The number of hydrogen-bond donors (Lipinski definition) is 1. The van der Waals surface area contributed by atoms with Crippen molar-refractivity contribution >= 4 is 33.8 Å². The Morgan fingerprint density at radius 2 is 2.17 bits per heavy atom. The average Bonchev–Trinajstić information content (AvgIpc) is 3.13. The van der Waals surface area contributed by atoms with Gasteiger partial charge in [-0.2, -0.15) is 0 Å². The largest absolute Gasteiger partial charge is 0.381 e. The molecule has 7 heteroatoms. The van der Waals surface area contributed by atoms with E-state index in [9.17, 15) is 0 Å². The van der Waals surface area contributed by atoms with Gasteiger partial charge in [-0.05, 0) is 73.5 Å². The van der Waals surface area contributed by atoms with Crippen LogP contribution >= 0.6 is 22.6 Å². The highest BCUT2D eigenvalue weighted by atomic mass is 127. The first-order chi connectivity index (χ1) is 14.0. The van der Waals surface area contributed by atoms with Crippen LogP contribution < -0.4 is 5.73 Å². The van der Waals surface area contributed by atoms with E-state index in [1.165, 1.54) is 12.8 Å². The molecule has 4 rings (SSSR count). The van der Waals surface area contributed by atoms with Gasteiger partial charge in [-0.25, -0.2) is 9.67 Å². The molecule has 158 valence electrons. The van der Waals surface area contributed by atoms with Gasteiger partial charge in [0.2, 0.25) is 0 Å². The predicted octanol–water partition coefficient (Wildman–Crippen LogP) is 4.58. The van der Waals surface area contributed by atoms with Gasteiger partial charge in [-0.15, -0.1) is 5.10 Å². The first kappa shape index (κ1) is 21.2. The van der Waals surface area contributed by atoms with Crippen LogP contribution in [0.5, 0.6) is 0 Å². The lowest BCUT2D eigenvalue weighted by Gasteiger charge is -2.40. The zero-order valence-electron chi connectivity index (χ0n) is 17.4. The van der Waals surface area contributed by atoms with Gasteiger partial charge in [-0.1, -0.05) is 40.3 Å². The third-order valence-corrected chi connectivity index (χ3v) is 7.44. The van der Waals surface area contributed by atoms with E-state index in [4.69, 9.17) is 15.5 Å². The Hall–Kier alpha value is -1.06. The number of fused-ring (bicyclic) bond motifs is 1. The maximum atomic E-state index is 6.55. The maximum Gasteiger partial charge on any atom is 0.178 e. The normalized spacial score (nSPS) is 33.5. The van der Waals surface area contributed by atoms with Crippen molar-refractivity contribution in [1.82, 2.24) is 20.0 Å². The smallest absolute Gasteiger partial charge is 0.178 e. The minimum absolute atomic E-state index is 0.118. The van der Waals surface area contributed by atoms with Crippen molar-refractivity contribution in [3.63, 3.8) is 0 Å². The van der Waals surface area contributed by atoms with Gasteiger partial charge in [0.1, 0.15) is 5.52 Å². The molecule has 2 aliphatic carbocycles. The SMILES string of the molecule is CO[C@H]1CCC[C@@H](c2ccc3nnn(CC4CCC(C)(N)C(/C=C\I)C4)c3n2)C1. The van der Waals surface area contributed by atoms with E-state index in [1.54, 1.807) is 0 Å². The lowest BCUT2D eigenvalue weighted by atomic mass is 9.70. The lowest BCUT2D eigenvalue weighted by Crippen LogP contribution is -2.47. The number of halogens is 1. The molecule has 0 spiro atoms. The fourth-order valence-electron chi connectivity index (χ4n) is 5.09. The van der Waals surface area contributed by atoms with Crippen LogP contribution in [0.1, 0.15) is 63.5 Å². The highest BCUT2D eigenvalue weighted by molar-refractivity contribution is 14.1. The van der Waals surface area contributed by atoms with E-state index in [2.05, 4.69) is 62.1 Å². The molecule has 2 saturated carbocycles. The van der Waals surface area contributed by atoms with E-state index in [1.807, 2.05) is 11.8 Å². The van der Waals surface area contributed by atoms with Crippen molar-refractivity contribution in [2.24, 2.45) is 17.6 Å². The topological polar surface area (TPSA) is 78.9 Å². The average molecular weight is 509 g/mol. The van der Waals surface area contributed by atoms with Gasteiger partial charge in [0, 0.05) is 30.8 Å². The van der Waals surface area contributed by atoms with E-state index < -0.39 is 0 Å². The van der Waals surface area contributed by atoms with Crippen molar-refractivity contribution in [2.75, 3.05) is 7.11 Å². The highest BCUT2D eigenvalue weighted by Gasteiger charge is 2.35. The van der Waals surface area contributed by atoms with E-state index >= 15 is 0 Å². The number of aromatic nitrogens is 4. The third-order valence-electron chi connectivity index (χ3n) is 7.02. The molecule has 0 aromatic carbocycles. The molecule has 5 atom stereocenters. The van der Waals surface area contributed by atoms with Crippen LogP contribution in [0.4, 0.5) is 0 Å². The molecule has 2 aliphatic rings. The molecule has 2 aromatic heterocycles. The molecule has 2 heterocycles. The quantitative estimate of drug-likeness (QED) is 0.597. The van der Waals surface area contributed by atoms with Gasteiger partial charge in [0.15, 0.2) is 5.65 Å². The van der Waals surface area contributed by atoms with Crippen molar-refractivity contribution in [1.29, 1.82) is 0 Å². The second-order valence-electron chi connectivity index (χ2n) is 9.14. The number of rotatable bonds is 5. The van der Waals surface area contributed by atoms with Crippen LogP contribution in [-0.2, 0) is 11.3 Å². The second kappa shape index (κ2) is 8.98. The van der Waals surface area contributed by atoms with Crippen LogP contribution in [0.25, 0.3) is 11.2 Å². The number of ether oxygens (including phenoxy) is 1. The van der Waals surface area contributed by atoms with Crippen LogP contribution in [0, 0.1) is 11.8 Å². The molecule has 2 aromatic rings. The molecular weight excluding hydrogens is 477 g/mol. The minimum Gasteiger partial charge on any atom is -0.381 e. The molecule has 29 heavy (non-hydrogen) atoms. The van der Waals surface area contributed by atoms with Crippen LogP contribution in [0.15, 0.2) is 22.3 Å². The Balaban J connectivity index is 1.52. The van der Waals surface area contributed by atoms with Crippen molar-refractivity contribution in [3.8, 4) is 0 Å². The van der Waals surface area contributed by atoms with Crippen molar-refractivity contribution in [3.05, 3.63) is 28.0 Å². The zero-order chi connectivity index (χ0) is 20.4. The molecule has 2 fully saturated rings. The number of pyridine rings is 1. The fraction of sp³-hybridized carbons (Fsp3) is 0.682. The minimum atomic E-state index is -0.118. The summed E-state index contributed by atoms with van der Waals surface area (Å²) in [5.41, 5.74) is 9.39. The summed E-state index contributed by atoms with van der Waals surface area (Å²) >= 11 is 2.29. The van der Waals surface area contributed by atoms with Gasteiger partial charge < -0.3 is 10.5 Å². The maximum absolute atomic E-state index is 6.55. The summed E-state index contributed by atoms with van der Waals surface area (Å²) in [7, 11) is 1.82. The molecule has 0 radical (unpaired) electrons. The third kappa shape index (κ3) is 4.66. The Morgan fingerprint density at radius 3 is 2.97 bits per heavy atom. The number of hydrogen-bond acceptors (Lipinski definition) is 5. The summed E-state index contributed by atoms with van der Waals surface area (Å²) in [5.74, 6) is 1.42. The number of methoxy groups -OCH3 is 1. The van der Waals surface area contributed by atoms with Crippen LogP contribution in [0.2, 0.25) is 0 Å². The summed E-state index contributed by atoms with van der Waals surface area (Å²) in [6.45, 7) is 3.04. The molecule has 3 unspecified atom stereocenters. The van der Waals surface area contributed by atoms with Gasteiger partial charge in [-0.3, -0.25) is 0 Å². The summed E-state index contributed by atoms with van der Waals surface area (Å²) < 4.78 is 9.73. The molecule has 6 nitrogen and oxygen atoms in total. The lowest BCUT2D eigenvalue weighted by molar-refractivity contribution is 0.0630. The first-order valence-corrected chi connectivity index (χ1v) is 12.0. The van der Waals surface area contributed by atoms with Crippen molar-refractivity contribution in [2.45, 2.75) is 76.0 Å². The standard InChI is InChI=1S/C22H32IN5O/c1-22(24)10-8-15(12-17(22)9-11-23)14-28-21-20(26-27-28)7-6-19(25-21)16-4-3-5-18(13-16)29-2/h6-7,9,11,15-18H,3-5,8,10,12-14,24H2,1-2H3/b11-9-/t15?,16-,17?,18+,22?/m1/s1. The zero-order valence-corrected chi connectivity index (χ0v) is 19.6. The summed E-state index contributed by atoms with van der Waals surface area (Å²) in [6.07, 6.45) is 10.5. The summed E-state index contributed by atoms with van der Waals surface area (Å²) in [4.78, 5) is 5.02. The number of nitrogens with zero attached hydrogens (tertiary/aromatic N) is 4. The number of nitrogens with two attached hydrogens (primary N) is 1. The first-order valence-electron chi connectivity index (χ1n) is 10.8. The van der Waals surface area contributed by atoms with Crippen LogP contribution in [-0.4, -0.2) is 38.7 Å². The van der Waals surface area contributed by atoms with E-state index in [-0.39, 0.29) is 5.54 Å². The Morgan fingerprint density at radius 1 is 1.31 bits per heavy atom. The summed E-state index contributed by atoms with van der Waals surface area (Å²) in [5, 5.41) is 8.81. The Bertz CT molecular complexity index is 864. The molecule has 0 bridgehead atoms. The highest BCUT2D eigenvalue weighted by Crippen LogP contribution is 2.38. The molecular formula is C22H32IN5O. The molecule has 0 aliphatic heterocycles. The van der Waals surface area contributed by atoms with E-state index in [0.717, 1.165) is 55.5 Å². The predicted molar refractivity (Wildman–Crippen MR) is 124 cm³/mol. The second-order valence-corrected chi connectivity index (χ2v) is 9.86. The monoisotopic (exact) mass is 509 g/mol. The molecule has 0 amide bonds. The van der Waals surface area contributed by atoms with Gasteiger partial charge in [0.25, 0.3) is 0 Å². The summed E-state index contributed by atoms with van der Waals surface area (Å²) in [6, 6.07) is 4.21. The fourth-order valence-corrected chi connectivity index (χ4v) is 5.59. The Labute approximate surface area is 186 Å². The van der Waals surface area contributed by atoms with Gasteiger partial charge >= 0.3 is 0 Å². The van der Waals surface area contributed by atoms with Gasteiger partial charge in [0.05, 0.1) is 6.10 Å². The molecule has 0 saturated heterocycles. The van der Waals surface area contributed by atoms with Crippen molar-refractivity contribution < 1.29 is 4.74 Å². The Kier molecular flexibility index (Phi) is 6.56. The molecule has 2 N–H and O–H groups in total. The van der Waals surface area contributed by atoms with Crippen LogP contribution in [0.3, 0.4) is 0 Å². The van der Waals surface area contributed by atoms with E-state index in [0.29, 0.717) is 23.9 Å².